The monoisotopic (exact) mass is 291 g/mol. The van der Waals surface area contributed by atoms with Gasteiger partial charge in [-0.25, -0.2) is 4.79 Å². The zero-order chi connectivity index (χ0) is 15.2. The molecule has 0 radical (unpaired) electrons. The Labute approximate surface area is 122 Å². The number of ether oxygens (including phenoxy) is 1. The van der Waals surface area contributed by atoms with Gasteiger partial charge in [-0.3, -0.25) is 14.9 Å². The van der Waals surface area contributed by atoms with Crippen molar-refractivity contribution in [1.82, 2.24) is 16.0 Å². The third kappa shape index (κ3) is 4.20. The second kappa shape index (κ2) is 6.74. The predicted molar refractivity (Wildman–Crippen MR) is 74.8 cm³/mol. The number of carbonyl (C=O) groups excluding carboxylic acids is 3. The third-order valence-corrected chi connectivity index (χ3v) is 3.11. The molecule has 1 fully saturated rings. The van der Waals surface area contributed by atoms with E-state index in [2.05, 4.69) is 16.0 Å². The van der Waals surface area contributed by atoms with Gasteiger partial charge in [0.2, 0.25) is 5.91 Å². The maximum atomic E-state index is 11.8. The van der Waals surface area contributed by atoms with Gasteiger partial charge in [-0.1, -0.05) is 12.1 Å². The van der Waals surface area contributed by atoms with Crippen molar-refractivity contribution < 1.29 is 19.1 Å². The second-order valence-corrected chi connectivity index (χ2v) is 4.68. The highest BCUT2D eigenvalue weighted by molar-refractivity contribution is 6.04. The summed E-state index contributed by atoms with van der Waals surface area (Å²) in [5.41, 5.74) is 0.846. The van der Waals surface area contributed by atoms with Crippen LogP contribution in [0.1, 0.15) is 12.0 Å². The van der Waals surface area contributed by atoms with Crippen LogP contribution in [0.3, 0.4) is 0 Å². The van der Waals surface area contributed by atoms with Gasteiger partial charge in [0.15, 0.2) is 0 Å². The molecular formula is C14H17N3O4. The van der Waals surface area contributed by atoms with Crippen LogP contribution in [0.5, 0.6) is 5.75 Å². The number of urea groups is 1. The number of rotatable bonds is 6. The number of benzene rings is 1. The van der Waals surface area contributed by atoms with Crippen LogP contribution in [-0.4, -0.2) is 37.5 Å². The highest BCUT2D eigenvalue weighted by Gasteiger charge is 2.28. The third-order valence-electron chi connectivity index (χ3n) is 3.11. The molecule has 7 heteroatoms. The van der Waals surface area contributed by atoms with E-state index in [9.17, 15) is 14.4 Å². The quantitative estimate of drug-likeness (QED) is 0.640. The Morgan fingerprint density at radius 2 is 2.19 bits per heavy atom. The Morgan fingerprint density at radius 1 is 1.38 bits per heavy atom. The lowest BCUT2D eigenvalue weighted by Crippen LogP contribution is -2.35. The molecule has 0 aromatic heterocycles. The lowest BCUT2D eigenvalue weighted by Gasteiger charge is -2.09. The molecule has 0 bridgehead atoms. The van der Waals surface area contributed by atoms with Crippen LogP contribution in [0.25, 0.3) is 0 Å². The minimum atomic E-state index is -0.574. The standard InChI is InChI=1S/C14H17N3O4/c1-21-10-4-2-3-9(7-10)8-12(18)15-6-5-11-13(19)17-14(20)16-11/h2-4,7,11H,5-6,8H2,1H3,(H,15,18)(H2,16,17,19,20). The van der Waals surface area contributed by atoms with Crippen molar-refractivity contribution in [3.05, 3.63) is 29.8 Å². The molecule has 0 saturated carbocycles. The lowest BCUT2D eigenvalue weighted by molar-refractivity contribution is -0.122. The molecule has 1 aliphatic heterocycles. The molecule has 2 rings (SSSR count). The summed E-state index contributed by atoms with van der Waals surface area (Å²) in [6.45, 7) is 0.321. The molecule has 1 saturated heterocycles. The molecule has 1 unspecified atom stereocenters. The van der Waals surface area contributed by atoms with Crippen LogP contribution in [0.15, 0.2) is 24.3 Å². The Morgan fingerprint density at radius 3 is 2.86 bits per heavy atom. The lowest BCUT2D eigenvalue weighted by atomic mass is 10.1. The highest BCUT2D eigenvalue weighted by atomic mass is 16.5. The molecule has 1 aromatic carbocycles. The minimum Gasteiger partial charge on any atom is -0.497 e. The van der Waals surface area contributed by atoms with Crippen molar-refractivity contribution in [1.29, 1.82) is 0 Å². The normalized spacial score (nSPS) is 17.1. The summed E-state index contributed by atoms with van der Waals surface area (Å²) < 4.78 is 5.09. The smallest absolute Gasteiger partial charge is 0.322 e. The number of imide groups is 1. The Hall–Kier alpha value is -2.57. The van der Waals surface area contributed by atoms with Crippen LogP contribution in [0.2, 0.25) is 0 Å². The van der Waals surface area contributed by atoms with E-state index in [0.717, 1.165) is 5.56 Å². The van der Waals surface area contributed by atoms with Gasteiger partial charge in [-0.05, 0) is 24.1 Å². The Bertz CT molecular complexity index is 559. The summed E-state index contributed by atoms with van der Waals surface area (Å²) in [6.07, 6.45) is 0.599. The number of carbonyl (C=O) groups is 3. The maximum absolute atomic E-state index is 11.8. The SMILES string of the molecule is COc1cccc(CC(=O)NCCC2NC(=O)NC2=O)c1. The average molecular weight is 291 g/mol. The van der Waals surface area contributed by atoms with Gasteiger partial charge in [0, 0.05) is 6.54 Å². The van der Waals surface area contributed by atoms with Gasteiger partial charge in [0.1, 0.15) is 11.8 Å². The van der Waals surface area contributed by atoms with Crippen molar-refractivity contribution >= 4 is 17.8 Å². The first kappa shape index (κ1) is 14.8. The molecule has 1 aromatic rings. The van der Waals surface area contributed by atoms with Crippen LogP contribution in [0.4, 0.5) is 4.79 Å². The van der Waals surface area contributed by atoms with Gasteiger partial charge >= 0.3 is 6.03 Å². The summed E-state index contributed by atoms with van der Waals surface area (Å²) in [4.78, 5) is 34.0. The zero-order valence-corrected chi connectivity index (χ0v) is 11.6. The summed E-state index contributed by atoms with van der Waals surface area (Å²) in [5.74, 6) is 0.195. The molecule has 1 heterocycles. The molecule has 7 nitrogen and oxygen atoms in total. The molecule has 0 aliphatic carbocycles. The maximum Gasteiger partial charge on any atom is 0.322 e. The predicted octanol–water partition coefficient (Wildman–Crippen LogP) is -0.0480. The molecule has 1 aliphatic rings. The summed E-state index contributed by atoms with van der Waals surface area (Å²) in [5, 5.41) is 7.34. The van der Waals surface area contributed by atoms with Crippen molar-refractivity contribution in [2.45, 2.75) is 18.9 Å². The van der Waals surface area contributed by atoms with Crippen molar-refractivity contribution in [3.8, 4) is 5.75 Å². The van der Waals surface area contributed by atoms with Gasteiger partial charge in [-0.2, -0.15) is 0 Å². The first-order chi connectivity index (χ1) is 10.1. The number of nitrogens with one attached hydrogen (secondary N) is 3. The zero-order valence-electron chi connectivity index (χ0n) is 11.6. The molecule has 0 spiro atoms. The molecular weight excluding hydrogens is 274 g/mol. The minimum absolute atomic E-state index is 0.145. The van der Waals surface area contributed by atoms with Gasteiger partial charge in [0.05, 0.1) is 13.5 Å². The second-order valence-electron chi connectivity index (χ2n) is 4.68. The first-order valence-corrected chi connectivity index (χ1v) is 6.59. The van der Waals surface area contributed by atoms with Crippen LogP contribution in [0, 0.1) is 0 Å². The molecule has 112 valence electrons. The van der Waals surface area contributed by atoms with E-state index in [1.54, 1.807) is 13.2 Å². The summed E-state index contributed by atoms with van der Waals surface area (Å²) in [7, 11) is 1.57. The molecule has 21 heavy (non-hydrogen) atoms. The van der Waals surface area contributed by atoms with E-state index in [1.807, 2.05) is 18.2 Å². The largest absolute Gasteiger partial charge is 0.497 e. The van der Waals surface area contributed by atoms with E-state index in [0.29, 0.717) is 18.7 Å². The number of methoxy groups -OCH3 is 1. The van der Waals surface area contributed by atoms with Crippen LogP contribution in [-0.2, 0) is 16.0 Å². The van der Waals surface area contributed by atoms with Crippen molar-refractivity contribution in [2.24, 2.45) is 0 Å². The number of amides is 4. The topological polar surface area (TPSA) is 96.5 Å². The van der Waals surface area contributed by atoms with Gasteiger partial charge in [0.25, 0.3) is 5.91 Å². The van der Waals surface area contributed by atoms with E-state index in [-0.39, 0.29) is 18.2 Å². The molecule has 3 N–H and O–H groups in total. The van der Waals surface area contributed by atoms with E-state index in [1.165, 1.54) is 0 Å². The van der Waals surface area contributed by atoms with Crippen molar-refractivity contribution in [2.75, 3.05) is 13.7 Å². The molecule has 1 atom stereocenters. The number of hydrogen-bond acceptors (Lipinski definition) is 4. The fourth-order valence-electron chi connectivity index (χ4n) is 2.05. The molecule has 4 amide bonds. The van der Waals surface area contributed by atoms with Gasteiger partial charge in [-0.15, -0.1) is 0 Å². The highest BCUT2D eigenvalue weighted by Crippen LogP contribution is 2.12. The fraction of sp³-hybridized carbons (Fsp3) is 0.357. The van der Waals surface area contributed by atoms with Gasteiger partial charge < -0.3 is 15.4 Å². The average Bonchev–Trinajstić information content (AvgIpc) is 2.77. The van der Waals surface area contributed by atoms with E-state index >= 15 is 0 Å². The van der Waals surface area contributed by atoms with Crippen LogP contribution >= 0.6 is 0 Å². The fourth-order valence-corrected chi connectivity index (χ4v) is 2.05. The van der Waals surface area contributed by atoms with Crippen LogP contribution < -0.4 is 20.7 Å². The first-order valence-electron chi connectivity index (χ1n) is 6.59. The van der Waals surface area contributed by atoms with E-state index < -0.39 is 12.1 Å². The number of hydrogen-bond donors (Lipinski definition) is 3. The summed E-state index contributed by atoms with van der Waals surface area (Å²) >= 11 is 0. The Kier molecular flexibility index (Phi) is 4.76. The van der Waals surface area contributed by atoms with E-state index in [4.69, 9.17) is 4.74 Å². The Balaban J connectivity index is 1.74. The summed E-state index contributed by atoms with van der Waals surface area (Å²) in [6, 6.07) is 6.20. The van der Waals surface area contributed by atoms with Crippen molar-refractivity contribution in [3.63, 3.8) is 0 Å².